The van der Waals surface area contributed by atoms with Crippen LogP contribution in [0, 0.1) is 11.7 Å². The lowest BCUT2D eigenvalue weighted by molar-refractivity contribution is 0.662. The zero-order valence-electron chi connectivity index (χ0n) is 10.3. The third kappa shape index (κ3) is 2.44. The molecule has 2 aromatic heterocycles. The Kier molecular flexibility index (Phi) is 3.38. The van der Waals surface area contributed by atoms with Crippen molar-refractivity contribution in [3.63, 3.8) is 0 Å². The Labute approximate surface area is 106 Å². The Morgan fingerprint density at radius 1 is 1.47 bits per heavy atom. The van der Waals surface area contributed by atoms with Crippen LogP contribution in [0.1, 0.15) is 36.7 Å². The van der Waals surface area contributed by atoms with Crippen molar-refractivity contribution in [2.45, 2.75) is 33.2 Å². The van der Waals surface area contributed by atoms with Crippen LogP contribution in [0.5, 0.6) is 0 Å². The third-order valence-corrected chi connectivity index (χ3v) is 3.08. The molecule has 0 radical (unpaired) electrons. The second kappa shape index (κ2) is 4.79. The fraction of sp³-hybridized carbons (Fsp3) is 0.417. The van der Waals surface area contributed by atoms with Crippen molar-refractivity contribution in [1.82, 2.24) is 19.7 Å². The predicted molar refractivity (Wildman–Crippen MR) is 69.6 cm³/mol. The standard InChI is InChI=1S/C12H16N4S/c1-8(2)11-14-15-12(17)16(11)7-10-4-5-13-6-9(10)3/h4-6,8H,7H2,1-3H3,(H,15,17). The average Bonchev–Trinajstić information content (AvgIpc) is 2.64. The first-order chi connectivity index (χ1) is 8.09. The summed E-state index contributed by atoms with van der Waals surface area (Å²) in [5.74, 6) is 1.34. The van der Waals surface area contributed by atoms with Gasteiger partial charge in [0.25, 0.3) is 0 Å². The zero-order valence-corrected chi connectivity index (χ0v) is 11.1. The van der Waals surface area contributed by atoms with Crippen LogP contribution in [0.25, 0.3) is 0 Å². The van der Waals surface area contributed by atoms with Crippen LogP contribution in [0.15, 0.2) is 18.5 Å². The molecule has 0 fully saturated rings. The molecule has 2 aromatic rings. The van der Waals surface area contributed by atoms with Crippen molar-refractivity contribution < 1.29 is 0 Å². The van der Waals surface area contributed by atoms with Crippen LogP contribution in [-0.2, 0) is 6.54 Å². The van der Waals surface area contributed by atoms with E-state index in [4.69, 9.17) is 12.2 Å². The first kappa shape index (κ1) is 12.0. The van der Waals surface area contributed by atoms with E-state index in [1.54, 1.807) is 6.20 Å². The maximum atomic E-state index is 5.26. The number of hydrogen-bond acceptors (Lipinski definition) is 3. The molecule has 1 N–H and O–H groups in total. The number of hydrogen-bond donors (Lipinski definition) is 1. The number of aryl methyl sites for hydroxylation is 1. The van der Waals surface area contributed by atoms with Gasteiger partial charge in [-0.15, -0.1) is 0 Å². The Morgan fingerprint density at radius 2 is 2.24 bits per heavy atom. The third-order valence-electron chi connectivity index (χ3n) is 2.77. The molecule has 0 spiro atoms. The van der Waals surface area contributed by atoms with Crippen molar-refractivity contribution in [2.24, 2.45) is 0 Å². The minimum Gasteiger partial charge on any atom is -0.299 e. The molecule has 0 bridgehead atoms. The zero-order chi connectivity index (χ0) is 12.4. The molecule has 17 heavy (non-hydrogen) atoms. The lowest BCUT2D eigenvalue weighted by Gasteiger charge is -2.10. The highest BCUT2D eigenvalue weighted by Gasteiger charge is 2.11. The average molecular weight is 248 g/mol. The molecule has 0 aromatic carbocycles. The topological polar surface area (TPSA) is 46.5 Å². The number of rotatable bonds is 3. The van der Waals surface area contributed by atoms with Gasteiger partial charge in [0.1, 0.15) is 5.82 Å². The molecule has 0 aliphatic heterocycles. The maximum Gasteiger partial charge on any atom is 0.195 e. The van der Waals surface area contributed by atoms with Crippen LogP contribution in [0.2, 0.25) is 0 Å². The molecular formula is C12H16N4S. The number of pyridine rings is 1. The van der Waals surface area contributed by atoms with Gasteiger partial charge >= 0.3 is 0 Å². The monoisotopic (exact) mass is 248 g/mol. The number of aromatic nitrogens is 4. The Morgan fingerprint density at radius 3 is 2.88 bits per heavy atom. The molecule has 0 amide bonds. The molecule has 2 heterocycles. The van der Waals surface area contributed by atoms with Crippen LogP contribution in [-0.4, -0.2) is 19.7 Å². The number of nitrogens with one attached hydrogen (secondary N) is 1. The summed E-state index contributed by atoms with van der Waals surface area (Å²) in [4.78, 5) is 4.10. The van der Waals surface area contributed by atoms with Gasteiger partial charge in [-0.05, 0) is 36.3 Å². The highest BCUT2D eigenvalue weighted by molar-refractivity contribution is 7.71. The molecule has 0 unspecified atom stereocenters. The van der Waals surface area contributed by atoms with Gasteiger partial charge in [-0.3, -0.25) is 14.6 Å². The highest BCUT2D eigenvalue weighted by atomic mass is 32.1. The molecule has 0 saturated carbocycles. The summed E-state index contributed by atoms with van der Waals surface area (Å²) in [5.41, 5.74) is 2.39. The van der Waals surface area contributed by atoms with E-state index >= 15 is 0 Å². The van der Waals surface area contributed by atoms with E-state index in [-0.39, 0.29) is 0 Å². The largest absolute Gasteiger partial charge is 0.299 e. The molecule has 0 saturated heterocycles. The molecule has 90 valence electrons. The van der Waals surface area contributed by atoms with Crippen molar-refractivity contribution in [3.05, 3.63) is 40.2 Å². The lowest BCUT2D eigenvalue weighted by atomic mass is 10.1. The van der Waals surface area contributed by atoms with Crippen LogP contribution in [0.4, 0.5) is 0 Å². The van der Waals surface area contributed by atoms with Crippen LogP contribution < -0.4 is 0 Å². The van der Waals surface area contributed by atoms with Gasteiger partial charge in [0.05, 0.1) is 6.54 Å². The first-order valence-electron chi connectivity index (χ1n) is 5.64. The molecule has 0 atom stereocenters. The van der Waals surface area contributed by atoms with E-state index in [0.29, 0.717) is 10.7 Å². The summed E-state index contributed by atoms with van der Waals surface area (Å²) < 4.78 is 2.72. The normalized spacial score (nSPS) is 11.1. The number of H-pyrrole nitrogens is 1. The van der Waals surface area contributed by atoms with E-state index in [0.717, 1.165) is 12.4 Å². The highest BCUT2D eigenvalue weighted by Crippen LogP contribution is 2.15. The van der Waals surface area contributed by atoms with Crippen molar-refractivity contribution in [2.75, 3.05) is 0 Å². The van der Waals surface area contributed by atoms with Gasteiger partial charge < -0.3 is 0 Å². The Balaban J connectivity index is 2.40. The quantitative estimate of drug-likeness (QED) is 0.850. The fourth-order valence-electron chi connectivity index (χ4n) is 1.77. The molecule has 5 heteroatoms. The maximum absolute atomic E-state index is 5.26. The second-order valence-corrected chi connectivity index (χ2v) is 4.82. The van der Waals surface area contributed by atoms with Crippen LogP contribution >= 0.6 is 12.2 Å². The van der Waals surface area contributed by atoms with Crippen molar-refractivity contribution in [1.29, 1.82) is 0 Å². The smallest absolute Gasteiger partial charge is 0.195 e. The van der Waals surface area contributed by atoms with Gasteiger partial charge in [-0.2, -0.15) is 5.10 Å². The van der Waals surface area contributed by atoms with Crippen LogP contribution in [0.3, 0.4) is 0 Å². The molecule has 2 rings (SSSR count). The minimum absolute atomic E-state index is 0.352. The van der Waals surface area contributed by atoms with Crippen molar-refractivity contribution >= 4 is 12.2 Å². The SMILES string of the molecule is Cc1cnccc1Cn1c(C(C)C)n[nH]c1=S. The number of nitrogens with zero attached hydrogens (tertiary/aromatic N) is 3. The van der Waals surface area contributed by atoms with Gasteiger partial charge in [0.15, 0.2) is 4.77 Å². The van der Waals surface area contributed by atoms with E-state index < -0.39 is 0 Å². The van der Waals surface area contributed by atoms with E-state index in [9.17, 15) is 0 Å². The molecule has 4 nitrogen and oxygen atoms in total. The summed E-state index contributed by atoms with van der Waals surface area (Å²) in [6.07, 6.45) is 3.68. The summed E-state index contributed by atoms with van der Waals surface area (Å²) >= 11 is 5.26. The molecule has 0 aliphatic carbocycles. The Hall–Kier alpha value is -1.49. The predicted octanol–water partition coefficient (Wildman–Crippen LogP) is 2.82. The van der Waals surface area contributed by atoms with E-state index in [1.165, 1.54) is 11.1 Å². The molecular weight excluding hydrogens is 232 g/mol. The molecule has 0 aliphatic rings. The number of aromatic amines is 1. The van der Waals surface area contributed by atoms with E-state index in [1.807, 2.05) is 16.8 Å². The first-order valence-corrected chi connectivity index (χ1v) is 6.05. The summed E-state index contributed by atoms with van der Waals surface area (Å²) in [6, 6.07) is 2.02. The Bertz CT molecular complexity index is 568. The van der Waals surface area contributed by atoms with Gasteiger partial charge in [-0.1, -0.05) is 13.8 Å². The van der Waals surface area contributed by atoms with Gasteiger partial charge in [-0.25, -0.2) is 0 Å². The fourth-order valence-corrected chi connectivity index (χ4v) is 1.98. The van der Waals surface area contributed by atoms with Gasteiger partial charge in [0.2, 0.25) is 0 Å². The summed E-state index contributed by atoms with van der Waals surface area (Å²) in [5, 5.41) is 7.13. The summed E-state index contributed by atoms with van der Waals surface area (Å²) in [6.45, 7) is 7.03. The second-order valence-electron chi connectivity index (χ2n) is 4.43. The lowest BCUT2D eigenvalue weighted by Crippen LogP contribution is -2.08. The van der Waals surface area contributed by atoms with Gasteiger partial charge in [0, 0.05) is 18.3 Å². The van der Waals surface area contributed by atoms with E-state index in [2.05, 4.69) is 36.0 Å². The minimum atomic E-state index is 0.352. The summed E-state index contributed by atoms with van der Waals surface area (Å²) in [7, 11) is 0. The van der Waals surface area contributed by atoms with Crippen molar-refractivity contribution in [3.8, 4) is 0 Å².